The van der Waals surface area contributed by atoms with Crippen molar-refractivity contribution in [1.29, 1.82) is 0 Å². The van der Waals surface area contributed by atoms with E-state index in [1.165, 1.54) is 0 Å². The van der Waals surface area contributed by atoms with Gasteiger partial charge in [-0.05, 0) is 30.7 Å². The summed E-state index contributed by atoms with van der Waals surface area (Å²) in [6.07, 6.45) is 3.39. The lowest BCUT2D eigenvalue weighted by atomic mass is 10.1. The number of para-hydroxylation sites is 1. The lowest BCUT2D eigenvalue weighted by Crippen LogP contribution is -2.06. The van der Waals surface area contributed by atoms with E-state index >= 15 is 0 Å². The van der Waals surface area contributed by atoms with E-state index in [-0.39, 0.29) is 5.56 Å². The van der Waals surface area contributed by atoms with E-state index < -0.39 is 5.97 Å². The van der Waals surface area contributed by atoms with Gasteiger partial charge in [-0.3, -0.25) is 4.98 Å². The molecule has 5 nitrogen and oxygen atoms in total. The summed E-state index contributed by atoms with van der Waals surface area (Å²) in [5.41, 5.74) is 3.55. The highest BCUT2D eigenvalue weighted by Crippen LogP contribution is 2.19. The normalized spacial score (nSPS) is 10.8. The number of pyridine rings is 1. The van der Waals surface area contributed by atoms with Crippen molar-refractivity contribution < 1.29 is 9.90 Å². The smallest absolute Gasteiger partial charge is 0.337 e. The van der Waals surface area contributed by atoms with Gasteiger partial charge in [0.05, 0.1) is 35.2 Å². The highest BCUT2D eigenvalue weighted by atomic mass is 16.4. The van der Waals surface area contributed by atoms with Gasteiger partial charge in [0.15, 0.2) is 0 Å². The first-order chi connectivity index (χ1) is 9.66. The Bertz CT molecular complexity index is 793. The summed E-state index contributed by atoms with van der Waals surface area (Å²) in [4.78, 5) is 19.9. The minimum atomic E-state index is -0.949. The molecule has 2 heterocycles. The molecule has 0 aliphatic heterocycles. The van der Waals surface area contributed by atoms with Crippen LogP contribution in [0.2, 0.25) is 0 Å². The Kier molecular flexibility index (Phi) is 2.95. The van der Waals surface area contributed by atoms with Gasteiger partial charge < -0.3 is 9.67 Å². The summed E-state index contributed by atoms with van der Waals surface area (Å²) in [6, 6.07) is 8.97. The minimum absolute atomic E-state index is 0.258. The zero-order valence-electron chi connectivity index (χ0n) is 10.9. The van der Waals surface area contributed by atoms with E-state index in [1.807, 2.05) is 29.7 Å². The Balaban J connectivity index is 2.13. The predicted molar refractivity (Wildman–Crippen MR) is 74.8 cm³/mol. The lowest BCUT2D eigenvalue weighted by molar-refractivity contribution is 0.0698. The Morgan fingerprint density at radius 2 is 2.10 bits per heavy atom. The number of carbonyl (C=O) groups is 1. The molecule has 0 saturated carbocycles. The van der Waals surface area contributed by atoms with Crippen molar-refractivity contribution in [2.45, 2.75) is 13.5 Å². The number of benzene rings is 1. The molecule has 5 heteroatoms. The van der Waals surface area contributed by atoms with Crippen molar-refractivity contribution in [3.63, 3.8) is 0 Å². The van der Waals surface area contributed by atoms with E-state index in [9.17, 15) is 9.90 Å². The minimum Gasteiger partial charge on any atom is -0.478 e. The second-order valence-electron chi connectivity index (χ2n) is 4.62. The van der Waals surface area contributed by atoms with E-state index in [4.69, 9.17) is 0 Å². The average molecular weight is 267 g/mol. The molecule has 0 amide bonds. The van der Waals surface area contributed by atoms with Gasteiger partial charge in [-0.1, -0.05) is 12.1 Å². The summed E-state index contributed by atoms with van der Waals surface area (Å²) in [7, 11) is 0. The number of aromatic carboxylic acids is 1. The van der Waals surface area contributed by atoms with Crippen molar-refractivity contribution in [2.24, 2.45) is 0 Å². The van der Waals surface area contributed by atoms with E-state index in [0.717, 1.165) is 11.3 Å². The van der Waals surface area contributed by atoms with Gasteiger partial charge >= 0.3 is 5.97 Å². The number of rotatable bonds is 3. The molecule has 0 saturated heterocycles. The second kappa shape index (κ2) is 4.77. The fourth-order valence-electron chi connectivity index (χ4n) is 2.26. The highest BCUT2D eigenvalue weighted by molar-refractivity contribution is 6.01. The van der Waals surface area contributed by atoms with Crippen LogP contribution in [-0.2, 0) is 6.54 Å². The molecule has 0 atom stereocenters. The number of imidazole rings is 1. The molecular formula is C15H13N3O2. The number of fused-ring (bicyclic) bond motifs is 1. The molecule has 0 bridgehead atoms. The maximum absolute atomic E-state index is 11.3. The number of carboxylic acids is 1. The Morgan fingerprint density at radius 3 is 2.85 bits per heavy atom. The van der Waals surface area contributed by atoms with Crippen LogP contribution in [0.3, 0.4) is 0 Å². The van der Waals surface area contributed by atoms with Gasteiger partial charge in [0.1, 0.15) is 0 Å². The molecule has 0 spiro atoms. The number of nitrogens with zero attached hydrogens (tertiary/aromatic N) is 3. The van der Waals surface area contributed by atoms with E-state index in [2.05, 4.69) is 9.97 Å². The van der Waals surface area contributed by atoms with Crippen molar-refractivity contribution in [1.82, 2.24) is 14.5 Å². The predicted octanol–water partition coefficient (Wildman–Crippen LogP) is 2.49. The molecule has 0 aliphatic rings. The number of carboxylic acid groups (broad SMARTS) is 1. The monoisotopic (exact) mass is 267 g/mol. The fraction of sp³-hybridized carbons (Fsp3) is 0.133. The number of aromatic nitrogens is 3. The first-order valence-corrected chi connectivity index (χ1v) is 6.24. The lowest BCUT2D eigenvalue weighted by Gasteiger charge is -2.08. The molecule has 3 rings (SSSR count). The molecule has 3 aromatic rings. The van der Waals surface area contributed by atoms with Crippen LogP contribution in [0.15, 0.2) is 42.9 Å². The van der Waals surface area contributed by atoms with Gasteiger partial charge in [-0.2, -0.15) is 0 Å². The summed E-state index contributed by atoms with van der Waals surface area (Å²) >= 11 is 0. The average Bonchev–Trinajstić information content (AvgIpc) is 2.84. The van der Waals surface area contributed by atoms with Crippen LogP contribution in [0, 0.1) is 6.92 Å². The molecule has 100 valence electrons. The van der Waals surface area contributed by atoms with Gasteiger partial charge in [0.25, 0.3) is 0 Å². The molecule has 0 radical (unpaired) electrons. The molecule has 0 aliphatic carbocycles. The van der Waals surface area contributed by atoms with Crippen LogP contribution in [0.25, 0.3) is 11.0 Å². The zero-order chi connectivity index (χ0) is 14.1. The first kappa shape index (κ1) is 12.3. The molecule has 0 fully saturated rings. The summed E-state index contributed by atoms with van der Waals surface area (Å²) in [5, 5.41) is 9.29. The van der Waals surface area contributed by atoms with Gasteiger partial charge in [-0.25, -0.2) is 9.78 Å². The van der Waals surface area contributed by atoms with Crippen LogP contribution >= 0.6 is 0 Å². The Labute approximate surface area is 115 Å². The largest absolute Gasteiger partial charge is 0.478 e. The van der Waals surface area contributed by atoms with Gasteiger partial charge in [-0.15, -0.1) is 0 Å². The molecular weight excluding hydrogens is 254 g/mol. The third kappa shape index (κ3) is 2.03. The van der Waals surface area contributed by atoms with Crippen LogP contribution in [0.1, 0.15) is 21.6 Å². The molecule has 0 unspecified atom stereocenters. The Hall–Kier alpha value is -2.69. The molecule has 2 aromatic heterocycles. The van der Waals surface area contributed by atoms with Gasteiger partial charge in [0, 0.05) is 6.20 Å². The summed E-state index contributed by atoms with van der Waals surface area (Å²) < 4.78 is 1.83. The third-order valence-corrected chi connectivity index (χ3v) is 3.31. The topological polar surface area (TPSA) is 68.0 Å². The number of aryl methyl sites for hydroxylation is 1. The van der Waals surface area contributed by atoms with E-state index in [1.54, 1.807) is 24.7 Å². The number of hydrogen-bond acceptors (Lipinski definition) is 3. The maximum Gasteiger partial charge on any atom is 0.337 e. The zero-order valence-corrected chi connectivity index (χ0v) is 10.9. The maximum atomic E-state index is 11.3. The number of hydrogen-bond donors (Lipinski definition) is 1. The summed E-state index contributed by atoms with van der Waals surface area (Å²) in [6.45, 7) is 2.49. The molecule has 1 aromatic carbocycles. The summed E-state index contributed by atoms with van der Waals surface area (Å²) in [5.74, 6) is -0.949. The fourth-order valence-corrected chi connectivity index (χ4v) is 2.26. The van der Waals surface area contributed by atoms with Crippen LogP contribution in [0.4, 0.5) is 0 Å². The van der Waals surface area contributed by atoms with Crippen LogP contribution in [0.5, 0.6) is 0 Å². The SMILES string of the molecule is Cc1cccnc1Cn1cnc2cccc(C(=O)O)c21. The van der Waals surface area contributed by atoms with Crippen molar-refractivity contribution in [3.05, 3.63) is 59.7 Å². The first-order valence-electron chi connectivity index (χ1n) is 6.24. The van der Waals surface area contributed by atoms with E-state index in [0.29, 0.717) is 17.6 Å². The standard InChI is InChI=1S/C15H13N3O2/c1-10-4-3-7-16-13(10)8-18-9-17-12-6-2-5-11(14(12)18)15(19)20/h2-7,9H,8H2,1H3,(H,19,20). The third-order valence-electron chi connectivity index (χ3n) is 3.31. The van der Waals surface area contributed by atoms with Crippen molar-refractivity contribution in [2.75, 3.05) is 0 Å². The van der Waals surface area contributed by atoms with Crippen LogP contribution < -0.4 is 0 Å². The Morgan fingerprint density at radius 1 is 1.25 bits per heavy atom. The molecule has 20 heavy (non-hydrogen) atoms. The van der Waals surface area contributed by atoms with Crippen molar-refractivity contribution in [3.8, 4) is 0 Å². The van der Waals surface area contributed by atoms with Crippen LogP contribution in [-0.4, -0.2) is 25.6 Å². The highest BCUT2D eigenvalue weighted by Gasteiger charge is 2.14. The second-order valence-corrected chi connectivity index (χ2v) is 4.62. The van der Waals surface area contributed by atoms with Crippen molar-refractivity contribution >= 4 is 17.0 Å². The quantitative estimate of drug-likeness (QED) is 0.791. The van der Waals surface area contributed by atoms with Gasteiger partial charge in [0.2, 0.25) is 0 Å². The molecule has 1 N–H and O–H groups in total.